The number of para-hydroxylation sites is 2. The van der Waals surface area contributed by atoms with Gasteiger partial charge >= 0.3 is 0 Å². The Balaban J connectivity index is 1.57. The van der Waals surface area contributed by atoms with Gasteiger partial charge in [-0.05, 0) is 25.0 Å². The van der Waals surface area contributed by atoms with Gasteiger partial charge in [0.25, 0.3) is 0 Å². The van der Waals surface area contributed by atoms with Crippen LogP contribution in [0, 0.1) is 0 Å². The van der Waals surface area contributed by atoms with E-state index in [2.05, 4.69) is 50.2 Å². The molecular formula is C20H22O2. The highest BCUT2D eigenvalue weighted by atomic mass is 16.5. The largest absolute Gasteiger partial charge is 0.492 e. The molecule has 0 amide bonds. The molecule has 2 unspecified atom stereocenters. The van der Waals surface area contributed by atoms with Crippen molar-refractivity contribution >= 4 is 0 Å². The molecule has 0 fully saturated rings. The highest BCUT2D eigenvalue weighted by Crippen LogP contribution is 2.47. The number of hydrogen-bond acceptors (Lipinski definition) is 2. The average molecular weight is 294 g/mol. The van der Waals surface area contributed by atoms with E-state index in [1.54, 1.807) is 0 Å². The van der Waals surface area contributed by atoms with Crippen LogP contribution in [0.4, 0.5) is 0 Å². The number of rotatable bonds is 3. The van der Waals surface area contributed by atoms with Crippen molar-refractivity contribution in [2.24, 2.45) is 0 Å². The number of benzene rings is 2. The van der Waals surface area contributed by atoms with Gasteiger partial charge in [-0.2, -0.15) is 0 Å². The second kappa shape index (κ2) is 4.77. The van der Waals surface area contributed by atoms with Gasteiger partial charge in [0, 0.05) is 22.0 Å². The minimum atomic E-state index is 0.108. The maximum Gasteiger partial charge on any atom is 0.123 e. The van der Waals surface area contributed by atoms with Crippen LogP contribution in [0.25, 0.3) is 0 Å². The summed E-state index contributed by atoms with van der Waals surface area (Å²) in [5.41, 5.74) is 2.92. The van der Waals surface area contributed by atoms with Gasteiger partial charge in [-0.15, -0.1) is 0 Å². The SMILES string of the molecule is CC1(CCC2(C)COc3ccccc32)COc2ccccc21. The quantitative estimate of drug-likeness (QED) is 0.831. The van der Waals surface area contributed by atoms with Gasteiger partial charge in [0.2, 0.25) is 0 Å². The molecule has 114 valence electrons. The fourth-order valence-corrected chi connectivity index (χ4v) is 3.78. The minimum Gasteiger partial charge on any atom is -0.492 e. The Morgan fingerprint density at radius 3 is 1.59 bits per heavy atom. The molecule has 2 aliphatic heterocycles. The third-order valence-electron chi connectivity index (χ3n) is 5.40. The predicted octanol–water partition coefficient (Wildman–Crippen LogP) is 4.47. The lowest BCUT2D eigenvalue weighted by Gasteiger charge is -2.29. The molecule has 0 saturated heterocycles. The van der Waals surface area contributed by atoms with Crippen molar-refractivity contribution in [2.75, 3.05) is 13.2 Å². The van der Waals surface area contributed by atoms with E-state index in [9.17, 15) is 0 Å². The van der Waals surface area contributed by atoms with Gasteiger partial charge in [-0.1, -0.05) is 50.2 Å². The molecule has 0 N–H and O–H groups in total. The minimum absolute atomic E-state index is 0.108. The summed E-state index contributed by atoms with van der Waals surface area (Å²) < 4.78 is 11.8. The van der Waals surface area contributed by atoms with Crippen LogP contribution in [-0.4, -0.2) is 13.2 Å². The van der Waals surface area contributed by atoms with Crippen molar-refractivity contribution in [3.63, 3.8) is 0 Å². The fourth-order valence-electron chi connectivity index (χ4n) is 3.78. The second-order valence-electron chi connectivity index (χ2n) is 7.19. The standard InChI is InChI=1S/C20H22O2/c1-19(13-21-17-9-5-3-7-15(17)19)11-12-20(2)14-22-18-10-6-4-8-16(18)20/h3-10H,11-14H2,1-2H3. The van der Waals surface area contributed by atoms with E-state index in [0.717, 1.165) is 37.6 Å². The first-order chi connectivity index (χ1) is 10.6. The van der Waals surface area contributed by atoms with Gasteiger partial charge in [0.15, 0.2) is 0 Å². The summed E-state index contributed by atoms with van der Waals surface area (Å²) in [5.74, 6) is 2.11. The first-order valence-corrected chi connectivity index (χ1v) is 8.05. The molecule has 2 nitrogen and oxygen atoms in total. The van der Waals surface area contributed by atoms with Gasteiger partial charge in [-0.25, -0.2) is 0 Å². The zero-order valence-electron chi connectivity index (χ0n) is 13.3. The van der Waals surface area contributed by atoms with Gasteiger partial charge in [-0.3, -0.25) is 0 Å². The molecule has 2 aromatic rings. The Labute approximate surface area is 132 Å². The van der Waals surface area contributed by atoms with Crippen molar-refractivity contribution in [1.29, 1.82) is 0 Å². The third kappa shape index (κ3) is 2.01. The van der Waals surface area contributed by atoms with Crippen LogP contribution in [0.15, 0.2) is 48.5 Å². The Bertz CT molecular complexity index is 647. The molecule has 0 aliphatic carbocycles. The first-order valence-electron chi connectivity index (χ1n) is 8.05. The Morgan fingerprint density at radius 2 is 1.14 bits per heavy atom. The van der Waals surface area contributed by atoms with E-state index in [4.69, 9.17) is 9.47 Å². The molecule has 2 heteroatoms. The van der Waals surface area contributed by atoms with Gasteiger partial charge in [0.05, 0.1) is 13.2 Å². The molecule has 22 heavy (non-hydrogen) atoms. The van der Waals surface area contributed by atoms with E-state index >= 15 is 0 Å². The van der Waals surface area contributed by atoms with Crippen LogP contribution in [-0.2, 0) is 10.8 Å². The lowest BCUT2D eigenvalue weighted by Crippen LogP contribution is -2.30. The second-order valence-corrected chi connectivity index (χ2v) is 7.19. The maximum atomic E-state index is 5.90. The van der Waals surface area contributed by atoms with E-state index in [1.165, 1.54) is 11.1 Å². The smallest absolute Gasteiger partial charge is 0.123 e. The molecule has 4 rings (SSSR count). The molecule has 0 radical (unpaired) electrons. The van der Waals surface area contributed by atoms with Crippen LogP contribution in [0.5, 0.6) is 11.5 Å². The van der Waals surface area contributed by atoms with Crippen LogP contribution in [0.1, 0.15) is 37.8 Å². The summed E-state index contributed by atoms with van der Waals surface area (Å²) in [6, 6.07) is 16.9. The number of fused-ring (bicyclic) bond motifs is 2. The van der Waals surface area contributed by atoms with Gasteiger partial charge in [0.1, 0.15) is 11.5 Å². The van der Waals surface area contributed by atoms with E-state index in [0.29, 0.717) is 0 Å². The summed E-state index contributed by atoms with van der Waals surface area (Å²) in [5, 5.41) is 0. The van der Waals surface area contributed by atoms with Gasteiger partial charge < -0.3 is 9.47 Å². The maximum absolute atomic E-state index is 5.90. The van der Waals surface area contributed by atoms with Crippen molar-refractivity contribution < 1.29 is 9.47 Å². The monoisotopic (exact) mass is 294 g/mol. The number of hydrogen-bond donors (Lipinski definition) is 0. The van der Waals surface area contributed by atoms with E-state index < -0.39 is 0 Å². The normalized spacial score (nSPS) is 28.6. The number of ether oxygens (including phenoxy) is 2. The van der Waals surface area contributed by atoms with Crippen molar-refractivity contribution in [2.45, 2.75) is 37.5 Å². The topological polar surface area (TPSA) is 18.5 Å². The molecule has 2 aromatic carbocycles. The highest BCUT2D eigenvalue weighted by molar-refractivity contribution is 5.45. The van der Waals surface area contributed by atoms with Crippen molar-refractivity contribution in [3.8, 4) is 11.5 Å². The molecule has 0 spiro atoms. The van der Waals surface area contributed by atoms with Crippen molar-refractivity contribution in [3.05, 3.63) is 59.7 Å². The zero-order valence-corrected chi connectivity index (χ0v) is 13.3. The molecule has 2 aliphatic rings. The highest BCUT2D eigenvalue weighted by Gasteiger charge is 2.41. The summed E-state index contributed by atoms with van der Waals surface area (Å²) in [7, 11) is 0. The molecule has 0 saturated carbocycles. The zero-order chi connectivity index (χ0) is 15.2. The lowest BCUT2D eigenvalue weighted by molar-refractivity contribution is 0.224. The third-order valence-corrected chi connectivity index (χ3v) is 5.40. The molecule has 0 aromatic heterocycles. The first kappa shape index (κ1) is 13.7. The van der Waals surface area contributed by atoms with Crippen LogP contribution < -0.4 is 9.47 Å². The Morgan fingerprint density at radius 1 is 0.727 bits per heavy atom. The molecule has 2 atom stereocenters. The summed E-state index contributed by atoms with van der Waals surface area (Å²) >= 11 is 0. The van der Waals surface area contributed by atoms with Crippen LogP contribution in [0.3, 0.4) is 0 Å². The fraction of sp³-hybridized carbons (Fsp3) is 0.400. The van der Waals surface area contributed by atoms with Crippen LogP contribution in [0.2, 0.25) is 0 Å². The van der Waals surface area contributed by atoms with Crippen LogP contribution >= 0.6 is 0 Å². The van der Waals surface area contributed by atoms with Crippen molar-refractivity contribution in [1.82, 2.24) is 0 Å². The summed E-state index contributed by atoms with van der Waals surface area (Å²) in [6.45, 7) is 6.21. The summed E-state index contributed by atoms with van der Waals surface area (Å²) in [4.78, 5) is 0. The molecule has 2 heterocycles. The van der Waals surface area contributed by atoms with E-state index in [-0.39, 0.29) is 10.8 Å². The summed E-state index contributed by atoms with van der Waals surface area (Å²) in [6.07, 6.45) is 2.22. The molecule has 0 bridgehead atoms. The Kier molecular flexibility index (Phi) is 2.97. The Hall–Kier alpha value is -1.96. The molecular weight excluding hydrogens is 272 g/mol. The lowest BCUT2D eigenvalue weighted by atomic mass is 9.72. The van der Waals surface area contributed by atoms with E-state index in [1.807, 2.05) is 12.1 Å². The predicted molar refractivity (Wildman–Crippen MR) is 87.8 cm³/mol. The average Bonchev–Trinajstić information content (AvgIpc) is 3.07.